The molecule has 4 heterocycles. The third-order valence-corrected chi connectivity index (χ3v) is 12.6. The lowest BCUT2D eigenvalue weighted by Gasteiger charge is -2.15. The lowest BCUT2D eigenvalue weighted by Crippen LogP contribution is -2.29. The third kappa shape index (κ3) is 13.8. The lowest BCUT2D eigenvalue weighted by molar-refractivity contribution is 0.388. The van der Waals surface area contributed by atoms with E-state index in [0.29, 0.717) is 37.6 Å². The molecule has 14 nitrogen and oxygen atoms in total. The summed E-state index contributed by atoms with van der Waals surface area (Å²) in [6.07, 6.45) is 10.9. The summed E-state index contributed by atoms with van der Waals surface area (Å²) in [5.41, 5.74) is 11.2. The minimum Gasteiger partial charge on any atom is -0.297 e. The topological polar surface area (TPSA) is 188 Å². The van der Waals surface area contributed by atoms with Crippen LogP contribution in [-0.4, -0.2) is 39.4 Å². The molecule has 2 N–H and O–H groups in total. The van der Waals surface area contributed by atoms with Gasteiger partial charge >= 0.3 is 11.5 Å². The fourth-order valence-electron chi connectivity index (χ4n) is 8.72. The van der Waals surface area contributed by atoms with Crippen molar-refractivity contribution in [2.75, 3.05) is 0 Å². The van der Waals surface area contributed by atoms with Crippen LogP contribution >= 0.6 is 29.4 Å². The summed E-state index contributed by atoms with van der Waals surface area (Å²) >= 11 is 0. The molecule has 72 heavy (non-hydrogen) atoms. The molecule has 0 fully saturated rings. The molecule has 0 aliphatic carbocycles. The van der Waals surface area contributed by atoms with Crippen LogP contribution in [-0.2, 0) is 38.8 Å². The van der Waals surface area contributed by atoms with Gasteiger partial charge in [-0.05, 0) is 85.8 Å². The molecule has 0 spiro atoms. The van der Waals surface area contributed by atoms with Gasteiger partial charge in [0, 0.05) is 48.2 Å². The van der Waals surface area contributed by atoms with E-state index in [9.17, 15) is 19.2 Å². The van der Waals surface area contributed by atoms with E-state index < -0.39 is 11.5 Å². The number of hydrogen-bond acceptors (Lipinski definition) is 10. The van der Waals surface area contributed by atoms with E-state index in [1.807, 2.05) is 95.8 Å². The predicted molar refractivity (Wildman–Crippen MR) is 293 cm³/mol. The summed E-state index contributed by atoms with van der Waals surface area (Å²) in [5, 5.41) is 7.68. The fraction of sp³-hybridized carbons (Fsp3) is 0.357. The molecule has 380 valence electrons. The molecule has 0 saturated carbocycles. The van der Waals surface area contributed by atoms with Crippen LogP contribution < -0.4 is 22.6 Å². The number of nitrogens with zero attached hydrogens (tertiary/aromatic N) is 6. The van der Waals surface area contributed by atoms with Gasteiger partial charge in [0.1, 0.15) is 11.6 Å². The SMILES string of the molecule is Br.CCCCc1nc(C)n(CCCC)c(=O)c1Cc1ccc(-c2ccccc2-c2noc(=O)[nH]2)cc1.CCCCc1nc(C)n(CCCC)c(=O)c1Cc1ccc(-c2ccccc2-c2noc(=O)[nH]2)cc1.Cl. The number of aromatic nitrogens is 8. The zero-order valence-electron chi connectivity index (χ0n) is 42.1. The molecule has 0 aliphatic heterocycles. The van der Waals surface area contributed by atoms with Crippen LogP contribution in [0, 0.1) is 13.8 Å². The van der Waals surface area contributed by atoms with Crippen molar-refractivity contribution in [3.8, 4) is 45.0 Å². The van der Waals surface area contributed by atoms with Gasteiger partial charge in [0.2, 0.25) is 0 Å². The first-order valence-electron chi connectivity index (χ1n) is 24.7. The Balaban J connectivity index is 0.000000260. The summed E-state index contributed by atoms with van der Waals surface area (Å²) in [4.78, 5) is 64.7. The Morgan fingerprint density at radius 1 is 0.486 bits per heavy atom. The first-order chi connectivity index (χ1) is 34.0. The zero-order chi connectivity index (χ0) is 49.6. The van der Waals surface area contributed by atoms with Gasteiger partial charge in [-0.1, -0.05) is 161 Å². The van der Waals surface area contributed by atoms with E-state index in [4.69, 9.17) is 9.97 Å². The molecular weight excluding hydrogens is 996 g/mol. The monoisotopic (exact) mass is 1060 g/mol. The van der Waals surface area contributed by atoms with Gasteiger partial charge in [0.05, 0.1) is 11.4 Å². The van der Waals surface area contributed by atoms with Crippen LogP contribution in [0.1, 0.15) is 124 Å². The second kappa shape index (κ2) is 27.2. The van der Waals surface area contributed by atoms with Crippen molar-refractivity contribution in [2.45, 2.75) is 132 Å². The molecule has 0 aliphatic rings. The molecule has 8 aromatic rings. The zero-order valence-corrected chi connectivity index (χ0v) is 44.6. The van der Waals surface area contributed by atoms with Crippen LogP contribution in [0.4, 0.5) is 0 Å². The smallest absolute Gasteiger partial charge is 0.297 e. The highest BCUT2D eigenvalue weighted by Gasteiger charge is 2.18. The average Bonchev–Trinajstić information content (AvgIpc) is 4.02. The summed E-state index contributed by atoms with van der Waals surface area (Å²) in [7, 11) is 0. The van der Waals surface area contributed by atoms with Crippen LogP contribution in [0.2, 0.25) is 0 Å². The van der Waals surface area contributed by atoms with Gasteiger partial charge in [-0.2, -0.15) is 0 Å². The molecule has 0 bridgehead atoms. The highest BCUT2D eigenvalue weighted by Crippen LogP contribution is 2.32. The number of rotatable bonds is 20. The van der Waals surface area contributed by atoms with Crippen molar-refractivity contribution in [3.05, 3.63) is 184 Å². The largest absolute Gasteiger partial charge is 0.439 e. The Kier molecular flexibility index (Phi) is 21.2. The number of benzene rings is 4. The van der Waals surface area contributed by atoms with E-state index in [1.54, 1.807) is 0 Å². The van der Waals surface area contributed by atoms with E-state index in [1.165, 1.54) is 0 Å². The number of aryl methyl sites for hydroxylation is 4. The van der Waals surface area contributed by atoms with Gasteiger partial charge in [-0.3, -0.25) is 37.7 Å². The minimum absolute atomic E-state index is 0. The number of hydrogen-bond donors (Lipinski definition) is 2. The van der Waals surface area contributed by atoms with Crippen molar-refractivity contribution < 1.29 is 9.05 Å². The molecule has 8 rings (SSSR count). The number of H-pyrrole nitrogens is 2. The maximum Gasteiger partial charge on any atom is 0.439 e. The summed E-state index contributed by atoms with van der Waals surface area (Å²) in [6, 6.07) is 31.8. The lowest BCUT2D eigenvalue weighted by atomic mass is 9.96. The highest BCUT2D eigenvalue weighted by molar-refractivity contribution is 8.93. The van der Waals surface area contributed by atoms with Crippen molar-refractivity contribution in [3.63, 3.8) is 0 Å². The molecule has 4 aromatic carbocycles. The number of nitrogens with one attached hydrogen (secondary N) is 2. The molecule has 0 atom stereocenters. The van der Waals surface area contributed by atoms with Crippen LogP contribution in [0.5, 0.6) is 0 Å². The molecule has 4 aromatic heterocycles. The summed E-state index contributed by atoms with van der Waals surface area (Å²) in [5.74, 6) is 1.23. The molecule has 0 radical (unpaired) electrons. The van der Waals surface area contributed by atoms with Gasteiger partial charge in [-0.15, -0.1) is 29.4 Å². The maximum atomic E-state index is 13.5. The first kappa shape index (κ1) is 56.2. The van der Waals surface area contributed by atoms with E-state index in [0.717, 1.165) is 143 Å². The number of halogens is 2. The van der Waals surface area contributed by atoms with Gasteiger partial charge in [0.25, 0.3) is 11.1 Å². The Hall–Kier alpha value is -6.71. The van der Waals surface area contributed by atoms with Crippen LogP contribution in [0.25, 0.3) is 45.0 Å². The van der Waals surface area contributed by atoms with Gasteiger partial charge in [-0.25, -0.2) is 19.6 Å². The Labute approximate surface area is 436 Å². The van der Waals surface area contributed by atoms with E-state index in [-0.39, 0.29) is 40.5 Å². The van der Waals surface area contributed by atoms with Crippen molar-refractivity contribution in [1.82, 2.24) is 39.4 Å². The third-order valence-electron chi connectivity index (χ3n) is 12.6. The quantitative estimate of drug-likeness (QED) is 0.0743. The maximum absolute atomic E-state index is 13.5. The second-order valence-corrected chi connectivity index (χ2v) is 17.7. The molecule has 0 unspecified atom stereocenters. The minimum atomic E-state index is -0.583. The molecular formula is C56H66BrClN8O6. The van der Waals surface area contributed by atoms with Gasteiger partial charge < -0.3 is 0 Å². The average molecular weight is 1060 g/mol. The Morgan fingerprint density at radius 3 is 1.15 bits per heavy atom. The molecule has 16 heteroatoms. The van der Waals surface area contributed by atoms with Crippen LogP contribution in [0.15, 0.2) is 125 Å². The fourth-order valence-corrected chi connectivity index (χ4v) is 8.72. The Bertz CT molecular complexity index is 3030. The predicted octanol–water partition coefficient (Wildman–Crippen LogP) is 11.6. The highest BCUT2D eigenvalue weighted by atomic mass is 79.9. The van der Waals surface area contributed by atoms with Crippen molar-refractivity contribution >= 4 is 29.4 Å². The summed E-state index contributed by atoms with van der Waals surface area (Å²) in [6.45, 7) is 13.8. The molecule has 0 amide bonds. The Morgan fingerprint density at radius 2 is 0.833 bits per heavy atom. The number of unbranched alkanes of at least 4 members (excludes halogenated alkanes) is 4. The summed E-state index contributed by atoms with van der Waals surface area (Å²) < 4.78 is 13.0. The van der Waals surface area contributed by atoms with Crippen molar-refractivity contribution in [1.29, 1.82) is 0 Å². The van der Waals surface area contributed by atoms with Crippen molar-refractivity contribution in [2.24, 2.45) is 0 Å². The molecule has 0 saturated heterocycles. The van der Waals surface area contributed by atoms with E-state index >= 15 is 0 Å². The first-order valence-corrected chi connectivity index (χ1v) is 24.7. The standard InChI is InChI=1S/2C28H32N4O3.BrH.ClH/c2*1-4-6-12-25-24(27(33)32(17-7-5-2)19(3)29-25)18-20-13-15-21(16-14-20)22-10-8-9-11-23(22)26-30-28(34)35-31-26;;/h2*8-11,13-16H,4-7,12,17-18H2,1-3H3,(H,30,31,34);2*1H. The van der Waals surface area contributed by atoms with Gasteiger partial charge in [0.15, 0.2) is 11.6 Å². The van der Waals surface area contributed by atoms with E-state index in [2.05, 4.69) is 81.3 Å². The second-order valence-electron chi connectivity index (χ2n) is 17.7. The number of aromatic amines is 2. The van der Waals surface area contributed by atoms with Crippen LogP contribution in [0.3, 0.4) is 0 Å². The normalized spacial score (nSPS) is 10.9.